The van der Waals surface area contributed by atoms with Crippen molar-refractivity contribution in [2.24, 2.45) is 0 Å². The molecule has 0 bridgehead atoms. The summed E-state index contributed by atoms with van der Waals surface area (Å²) in [4.78, 5) is 1.92. The van der Waals surface area contributed by atoms with E-state index in [2.05, 4.69) is 5.32 Å². The average Bonchev–Trinajstić information content (AvgIpc) is 2.27. The number of rotatable bonds is 6. The van der Waals surface area contributed by atoms with Crippen LogP contribution in [0, 0.1) is 5.82 Å². The minimum absolute atomic E-state index is 0.243. The highest BCUT2D eigenvalue weighted by atomic mass is 19.1. The molecule has 1 rings (SSSR count). The Morgan fingerprint density at radius 1 is 1.38 bits per heavy atom. The van der Waals surface area contributed by atoms with Gasteiger partial charge in [0.25, 0.3) is 0 Å². The number of benzene rings is 1. The maximum absolute atomic E-state index is 12.7. The molecule has 3 nitrogen and oxygen atoms in total. The normalized spacial score (nSPS) is 12.5. The van der Waals surface area contributed by atoms with Gasteiger partial charge in [-0.3, -0.25) is 0 Å². The number of aliphatic hydroxyl groups is 1. The number of nitrogens with one attached hydrogen (secondary N) is 1. The number of aliphatic hydroxyl groups excluding tert-OH is 1. The summed E-state index contributed by atoms with van der Waals surface area (Å²) in [6.07, 6.45) is 0.338. The van der Waals surface area contributed by atoms with Gasteiger partial charge in [0.15, 0.2) is 0 Å². The van der Waals surface area contributed by atoms with Gasteiger partial charge in [0.1, 0.15) is 5.82 Å². The zero-order valence-corrected chi connectivity index (χ0v) is 9.78. The highest BCUT2D eigenvalue weighted by Gasteiger charge is 2.08. The molecule has 1 aromatic carbocycles. The Morgan fingerprint density at radius 2 is 2.00 bits per heavy atom. The van der Waals surface area contributed by atoms with E-state index in [9.17, 15) is 9.50 Å². The zero-order chi connectivity index (χ0) is 12.0. The number of nitrogens with zero attached hydrogens (tertiary/aromatic N) is 1. The summed E-state index contributed by atoms with van der Waals surface area (Å²) in [6.45, 7) is 1.34. The molecule has 0 aliphatic rings. The maximum atomic E-state index is 12.7. The largest absolute Gasteiger partial charge is 0.391 e. The summed E-state index contributed by atoms with van der Waals surface area (Å²) < 4.78 is 12.7. The van der Waals surface area contributed by atoms with E-state index in [1.54, 1.807) is 12.1 Å². The van der Waals surface area contributed by atoms with Crippen molar-refractivity contribution in [1.82, 2.24) is 5.32 Å². The minimum Gasteiger partial charge on any atom is -0.391 e. The Bertz CT molecular complexity index is 302. The molecule has 1 unspecified atom stereocenters. The number of hydrogen-bond acceptors (Lipinski definition) is 3. The predicted octanol–water partition coefficient (Wildman–Crippen LogP) is 1.23. The first kappa shape index (κ1) is 12.9. The topological polar surface area (TPSA) is 35.5 Å². The van der Waals surface area contributed by atoms with E-state index in [-0.39, 0.29) is 11.9 Å². The Morgan fingerprint density at radius 3 is 2.56 bits per heavy atom. The molecule has 1 aromatic rings. The minimum atomic E-state index is -0.373. The third kappa shape index (κ3) is 4.16. The van der Waals surface area contributed by atoms with Crippen molar-refractivity contribution >= 4 is 5.69 Å². The van der Waals surface area contributed by atoms with E-state index < -0.39 is 0 Å². The lowest BCUT2D eigenvalue weighted by molar-refractivity contribution is 0.171. The fraction of sp³-hybridized carbons (Fsp3) is 0.500. The highest BCUT2D eigenvalue weighted by molar-refractivity contribution is 5.45. The Balaban J connectivity index is 2.45. The molecule has 2 N–H and O–H groups in total. The van der Waals surface area contributed by atoms with E-state index in [4.69, 9.17) is 0 Å². The first-order chi connectivity index (χ1) is 7.63. The highest BCUT2D eigenvalue weighted by Crippen LogP contribution is 2.13. The van der Waals surface area contributed by atoms with Gasteiger partial charge < -0.3 is 15.3 Å². The lowest BCUT2D eigenvalue weighted by atomic mass is 10.2. The van der Waals surface area contributed by atoms with Crippen molar-refractivity contribution < 1.29 is 9.50 Å². The van der Waals surface area contributed by atoms with Gasteiger partial charge in [-0.15, -0.1) is 0 Å². The molecule has 0 aliphatic carbocycles. The van der Waals surface area contributed by atoms with Gasteiger partial charge in [-0.2, -0.15) is 0 Å². The standard InChI is InChI=1S/C12H19FN2O/c1-14-8-7-12(16)9-15(2)11-5-3-10(13)4-6-11/h3-6,12,14,16H,7-9H2,1-2H3. The second-order valence-corrected chi connectivity index (χ2v) is 3.90. The molecule has 0 saturated heterocycles. The Labute approximate surface area is 95.9 Å². The van der Waals surface area contributed by atoms with Gasteiger partial charge in [0.2, 0.25) is 0 Å². The van der Waals surface area contributed by atoms with Crippen molar-refractivity contribution in [3.8, 4) is 0 Å². The van der Waals surface area contributed by atoms with Crippen LogP contribution in [0.3, 0.4) is 0 Å². The molecule has 16 heavy (non-hydrogen) atoms. The fourth-order valence-corrected chi connectivity index (χ4v) is 1.52. The van der Waals surface area contributed by atoms with E-state index in [0.717, 1.165) is 12.2 Å². The molecule has 1 atom stereocenters. The molecule has 0 radical (unpaired) electrons. The summed E-state index contributed by atoms with van der Waals surface area (Å²) in [5.74, 6) is -0.243. The summed E-state index contributed by atoms with van der Waals surface area (Å²) in [5.41, 5.74) is 0.907. The quantitative estimate of drug-likeness (QED) is 0.766. The van der Waals surface area contributed by atoms with Gasteiger partial charge in [-0.1, -0.05) is 0 Å². The number of likely N-dealkylation sites (N-methyl/N-ethyl adjacent to an activating group) is 1. The molecule has 0 saturated carbocycles. The molecule has 0 amide bonds. The van der Waals surface area contributed by atoms with E-state index in [0.29, 0.717) is 13.0 Å². The van der Waals surface area contributed by atoms with Crippen LogP contribution >= 0.6 is 0 Å². The van der Waals surface area contributed by atoms with E-state index in [1.165, 1.54) is 12.1 Å². The smallest absolute Gasteiger partial charge is 0.123 e. The van der Waals surface area contributed by atoms with Crippen LogP contribution in [0.2, 0.25) is 0 Å². The first-order valence-corrected chi connectivity index (χ1v) is 5.43. The van der Waals surface area contributed by atoms with Gasteiger partial charge in [0, 0.05) is 19.3 Å². The van der Waals surface area contributed by atoms with Gasteiger partial charge in [0.05, 0.1) is 6.10 Å². The third-order valence-corrected chi connectivity index (χ3v) is 2.48. The fourth-order valence-electron chi connectivity index (χ4n) is 1.52. The molecule has 0 aliphatic heterocycles. The van der Waals surface area contributed by atoms with E-state index >= 15 is 0 Å². The van der Waals surface area contributed by atoms with E-state index in [1.807, 2.05) is 19.0 Å². The lowest BCUT2D eigenvalue weighted by Crippen LogP contribution is -2.31. The van der Waals surface area contributed by atoms with Crippen LogP contribution in [-0.2, 0) is 0 Å². The predicted molar refractivity (Wildman–Crippen MR) is 64.2 cm³/mol. The summed E-state index contributed by atoms with van der Waals surface area (Å²) >= 11 is 0. The van der Waals surface area contributed by atoms with Crippen LogP contribution in [0.15, 0.2) is 24.3 Å². The number of halogens is 1. The van der Waals surface area contributed by atoms with Crippen LogP contribution in [0.4, 0.5) is 10.1 Å². The first-order valence-electron chi connectivity index (χ1n) is 5.43. The van der Waals surface area contributed by atoms with Crippen molar-refractivity contribution in [1.29, 1.82) is 0 Å². The van der Waals surface area contributed by atoms with Gasteiger partial charge >= 0.3 is 0 Å². The molecule has 0 fully saturated rings. The SMILES string of the molecule is CNCCC(O)CN(C)c1ccc(F)cc1. The third-order valence-electron chi connectivity index (χ3n) is 2.48. The van der Waals surface area contributed by atoms with Crippen LogP contribution in [0.25, 0.3) is 0 Å². The molecule has 0 aromatic heterocycles. The van der Waals surface area contributed by atoms with Crippen molar-refractivity contribution in [3.63, 3.8) is 0 Å². The second kappa shape index (κ2) is 6.45. The summed E-state index contributed by atoms with van der Waals surface area (Å²) in [6, 6.07) is 6.26. The molecule has 0 heterocycles. The molecule has 90 valence electrons. The van der Waals surface area contributed by atoms with Gasteiger partial charge in [-0.05, 0) is 44.3 Å². The molecular weight excluding hydrogens is 207 g/mol. The van der Waals surface area contributed by atoms with Crippen LogP contribution in [-0.4, -0.2) is 38.4 Å². The molecular formula is C12H19FN2O. The van der Waals surface area contributed by atoms with Crippen LogP contribution < -0.4 is 10.2 Å². The molecule has 4 heteroatoms. The maximum Gasteiger partial charge on any atom is 0.123 e. The Hall–Kier alpha value is -1.13. The second-order valence-electron chi connectivity index (χ2n) is 3.90. The van der Waals surface area contributed by atoms with Crippen molar-refractivity contribution in [3.05, 3.63) is 30.1 Å². The van der Waals surface area contributed by atoms with Crippen LogP contribution in [0.5, 0.6) is 0 Å². The summed E-state index contributed by atoms with van der Waals surface area (Å²) in [7, 11) is 3.74. The zero-order valence-electron chi connectivity index (χ0n) is 9.78. The average molecular weight is 226 g/mol. The van der Waals surface area contributed by atoms with Crippen molar-refractivity contribution in [2.45, 2.75) is 12.5 Å². The van der Waals surface area contributed by atoms with Crippen molar-refractivity contribution in [2.75, 3.05) is 32.1 Å². The monoisotopic (exact) mass is 226 g/mol. The Kier molecular flexibility index (Phi) is 5.22. The lowest BCUT2D eigenvalue weighted by Gasteiger charge is -2.22. The van der Waals surface area contributed by atoms with Gasteiger partial charge in [-0.25, -0.2) is 4.39 Å². The molecule has 0 spiro atoms. The van der Waals surface area contributed by atoms with Crippen LogP contribution in [0.1, 0.15) is 6.42 Å². The number of hydrogen-bond donors (Lipinski definition) is 2. The number of anilines is 1. The summed E-state index contributed by atoms with van der Waals surface area (Å²) in [5, 5.41) is 12.7.